The Morgan fingerprint density at radius 1 is 1.53 bits per heavy atom. The second-order valence-electron chi connectivity index (χ2n) is 3.76. The van der Waals surface area contributed by atoms with Crippen molar-refractivity contribution in [2.75, 3.05) is 11.9 Å². The highest BCUT2D eigenvalue weighted by atomic mass is 79.9. The van der Waals surface area contributed by atoms with Crippen molar-refractivity contribution in [2.45, 2.75) is 12.4 Å². The fraction of sp³-hybridized carbons (Fsp3) is 0.250. The number of rotatable bonds is 4. The summed E-state index contributed by atoms with van der Waals surface area (Å²) in [6.07, 6.45) is 5.17. The molecule has 0 bridgehead atoms. The molecule has 2 aromatic heterocycles. The topological polar surface area (TPSA) is 29.3 Å². The number of nitrogens with zero attached hydrogens (tertiary/aromatic N) is 2. The summed E-state index contributed by atoms with van der Waals surface area (Å²) >= 11 is 9.32. The third-order valence-corrected chi connectivity index (χ3v) is 3.14. The smallest absolute Gasteiger partial charge is 0.133 e. The Balaban J connectivity index is 2.21. The quantitative estimate of drug-likeness (QED) is 0.803. The van der Waals surface area contributed by atoms with Crippen molar-refractivity contribution in [3.63, 3.8) is 0 Å². The summed E-state index contributed by atoms with van der Waals surface area (Å²) in [5.41, 5.74) is 2.12. The first-order valence-electron chi connectivity index (χ1n) is 5.13. The number of hydrogen-bond donors (Lipinski definition) is 0. The normalized spacial score (nSPS) is 10.5. The van der Waals surface area contributed by atoms with Crippen molar-refractivity contribution in [2.24, 2.45) is 0 Å². The molecule has 2 rings (SSSR count). The Hall–Kier alpha value is -1.000. The summed E-state index contributed by atoms with van der Waals surface area (Å²) < 4.78 is 5.98. The first-order valence-corrected chi connectivity index (χ1v) is 6.46. The second-order valence-corrected chi connectivity index (χ2v) is 4.94. The molecule has 0 amide bonds. The number of alkyl halides is 1. The van der Waals surface area contributed by atoms with Crippen LogP contribution in [0, 0.1) is 0 Å². The molecule has 0 aliphatic heterocycles. The van der Waals surface area contributed by atoms with Gasteiger partial charge in [-0.1, -0.05) is 0 Å². The summed E-state index contributed by atoms with van der Waals surface area (Å²) in [5.74, 6) is 1.33. The number of anilines is 1. The summed E-state index contributed by atoms with van der Waals surface area (Å²) in [4.78, 5) is 6.44. The minimum absolute atomic E-state index is 0.442. The van der Waals surface area contributed by atoms with Gasteiger partial charge in [0.15, 0.2) is 0 Å². The predicted molar refractivity (Wildman–Crippen MR) is 72.3 cm³/mol. The summed E-state index contributed by atoms with van der Waals surface area (Å²) in [6.45, 7) is 0.745. The monoisotopic (exact) mass is 314 g/mol. The molecule has 3 nitrogen and oxygen atoms in total. The Labute approximate surface area is 114 Å². The van der Waals surface area contributed by atoms with Gasteiger partial charge in [-0.25, -0.2) is 4.98 Å². The van der Waals surface area contributed by atoms with E-state index in [1.165, 1.54) is 0 Å². The van der Waals surface area contributed by atoms with Crippen LogP contribution in [0.25, 0.3) is 0 Å². The van der Waals surface area contributed by atoms with Gasteiger partial charge in [0.05, 0.1) is 18.4 Å². The van der Waals surface area contributed by atoms with Gasteiger partial charge in [0.2, 0.25) is 0 Å². The van der Waals surface area contributed by atoms with Crippen molar-refractivity contribution >= 4 is 33.3 Å². The fourth-order valence-corrected chi connectivity index (χ4v) is 2.22. The van der Waals surface area contributed by atoms with Crippen LogP contribution < -0.4 is 4.90 Å². The van der Waals surface area contributed by atoms with Crippen LogP contribution >= 0.6 is 27.5 Å². The molecule has 2 aromatic rings. The van der Waals surface area contributed by atoms with Gasteiger partial charge in [-0.05, 0) is 28.1 Å². The molecular formula is C12H12BrClN2O. The molecule has 0 radical (unpaired) electrons. The van der Waals surface area contributed by atoms with Gasteiger partial charge in [-0.2, -0.15) is 0 Å². The molecule has 0 saturated carbocycles. The van der Waals surface area contributed by atoms with E-state index in [2.05, 4.69) is 25.8 Å². The zero-order valence-electron chi connectivity index (χ0n) is 9.36. The van der Waals surface area contributed by atoms with E-state index < -0.39 is 0 Å². The van der Waals surface area contributed by atoms with Crippen LogP contribution in [-0.4, -0.2) is 12.0 Å². The lowest BCUT2D eigenvalue weighted by Gasteiger charge is -2.19. The highest BCUT2D eigenvalue weighted by Crippen LogP contribution is 2.23. The summed E-state index contributed by atoms with van der Waals surface area (Å²) in [5, 5.41) is 0. The first-order chi connectivity index (χ1) is 8.20. The second kappa shape index (κ2) is 5.56. The van der Waals surface area contributed by atoms with E-state index in [9.17, 15) is 0 Å². The van der Waals surface area contributed by atoms with E-state index >= 15 is 0 Å². The number of pyridine rings is 1. The van der Waals surface area contributed by atoms with Crippen LogP contribution in [0.3, 0.4) is 0 Å². The lowest BCUT2D eigenvalue weighted by Crippen LogP contribution is -2.18. The van der Waals surface area contributed by atoms with Crippen LogP contribution in [0.2, 0.25) is 0 Å². The van der Waals surface area contributed by atoms with Crippen molar-refractivity contribution in [3.05, 3.63) is 46.5 Å². The maximum atomic E-state index is 5.92. The SMILES string of the molecule is CN(Cc1ccoc1)c1ncc(Br)cc1CCl. The lowest BCUT2D eigenvalue weighted by atomic mass is 10.2. The van der Waals surface area contributed by atoms with E-state index in [1.807, 2.05) is 19.2 Å². The molecule has 0 atom stereocenters. The molecule has 2 heterocycles. The third-order valence-electron chi connectivity index (χ3n) is 2.41. The van der Waals surface area contributed by atoms with Crippen molar-refractivity contribution in [1.82, 2.24) is 4.98 Å². The molecule has 0 spiro atoms. The van der Waals surface area contributed by atoms with Crippen LogP contribution in [-0.2, 0) is 12.4 Å². The Morgan fingerprint density at radius 2 is 2.35 bits per heavy atom. The van der Waals surface area contributed by atoms with E-state index in [-0.39, 0.29) is 0 Å². The van der Waals surface area contributed by atoms with Crippen LogP contribution in [0.1, 0.15) is 11.1 Å². The number of halogens is 2. The molecule has 17 heavy (non-hydrogen) atoms. The fourth-order valence-electron chi connectivity index (χ4n) is 1.65. The van der Waals surface area contributed by atoms with Gasteiger partial charge < -0.3 is 9.32 Å². The number of furan rings is 1. The Bertz CT molecular complexity index is 487. The van der Waals surface area contributed by atoms with Crippen LogP contribution in [0.15, 0.2) is 39.7 Å². The van der Waals surface area contributed by atoms with Crippen LogP contribution in [0.5, 0.6) is 0 Å². The third kappa shape index (κ3) is 3.01. The Kier molecular flexibility index (Phi) is 4.07. The van der Waals surface area contributed by atoms with E-state index in [4.69, 9.17) is 16.0 Å². The molecule has 0 saturated heterocycles. The largest absolute Gasteiger partial charge is 0.472 e. The molecule has 0 aliphatic carbocycles. The minimum atomic E-state index is 0.442. The van der Waals surface area contributed by atoms with Crippen LogP contribution in [0.4, 0.5) is 5.82 Å². The molecule has 90 valence electrons. The predicted octanol–water partition coefficient (Wildman–Crippen LogP) is 3.81. The van der Waals surface area contributed by atoms with Crippen molar-refractivity contribution in [1.29, 1.82) is 0 Å². The van der Waals surface area contributed by atoms with Gasteiger partial charge in [0.25, 0.3) is 0 Å². The molecule has 0 N–H and O–H groups in total. The average Bonchev–Trinajstić information content (AvgIpc) is 2.81. The molecule has 0 aliphatic rings. The zero-order valence-corrected chi connectivity index (χ0v) is 11.7. The van der Waals surface area contributed by atoms with E-state index in [0.717, 1.165) is 28.0 Å². The van der Waals surface area contributed by atoms with Crippen molar-refractivity contribution in [3.8, 4) is 0 Å². The first kappa shape index (κ1) is 12.5. The molecular weight excluding hydrogens is 304 g/mol. The van der Waals surface area contributed by atoms with Gasteiger partial charge in [0, 0.05) is 35.4 Å². The Morgan fingerprint density at radius 3 is 3.00 bits per heavy atom. The number of aromatic nitrogens is 1. The summed E-state index contributed by atoms with van der Waals surface area (Å²) in [6, 6.07) is 3.93. The zero-order chi connectivity index (χ0) is 12.3. The maximum Gasteiger partial charge on any atom is 0.133 e. The van der Waals surface area contributed by atoms with E-state index in [1.54, 1.807) is 18.7 Å². The van der Waals surface area contributed by atoms with Crippen molar-refractivity contribution < 1.29 is 4.42 Å². The van der Waals surface area contributed by atoms with Gasteiger partial charge >= 0.3 is 0 Å². The van der Waals surface area contributed by atoms with Gasteiger partial charge in [-0.3, -0.25) is 0 Å². The summed E-state index contributed by atoms with van der Waals surface area (Å²) in [7, 11) is 1.99. The maximum absolute atomic E-state index is 5.92. The highest BCUT2D eigenvalue weighted by Gasteiger charge is 2.10. The molecule has 5 heteroatoms. The standard InChI is InChI=1S/C12H12BrClN2O/c1-16(7-9-2-3-17-8-9)12-10(5-14)4-11(13)6-15-12/h2-4,6,8H,5,7H2,1H3. The highest BCUT2D eigenvalue weighted by molar-refractivity contribution is 9.10. The minimum Gasteiger partial charge on any atom is -0.472 e. The molecule has 0 aromatic carbocycles. The average molecular weight is 316 g/mol. The molecule has 0 unspecified atom stereocenters. The lowest BCUT2D eigenvalue weighted by molar-refractivity contribution is 0.563. The van der Waals surface area contributed by atoms with Gasteiger partial charge in [0.1, 0.15) is 5.82 Å². The molecule has 0 fully saturated rings. The van der Waals surface area contributed by atoms with E-state index in [0.29, 0.717) is 5.88 Å². The van der Waals surface area contributed by atoms with Gasteiger partial charge in [-0.15, -0.1) is 11.6 Å². The number of hydrogen-bond acceptors (Lipinski definition) is 3.